The van der Waals surface area contributed by atoms with Gasteiger partial charge in [0.1, 0.15) is 5.60 Å². The van der Waals surface area contributed by atoms with Crippen LogP contribution in [0.5, 0.6) is 0 Å². The highest BCUT2D eigenvalue weighted by atomic mass is 35.5. The first-order valence-corrected chi connectivity index (χ1v) is 12.9. The van der Waals surface area contributed by atoms with E-state index >= 15 is 0 Å². The predicted octanol–water partition coefficient (Wildman–Crippen LogP) is 7.50. The molecule has 2 amide bonds. The standard InChI is InChI=1S/C28H35Cl2N3O4/c1-9-32(10-2)20-14-12-19(13-15-20)31-23(24(34)27(3,4)5)25(35)33(26(36)37-28(6,7)8)22-16-11-18(29)17-21(22)30/h11-17H,9-10H2,1-8H3/b31-23-. The number of ketones is 1. The summed E-state index contributed by atoms with van der Waals surface area (Å²) in [5, 5.41) is 0.358. The lowest BCUT2D eigenvalue weighted by Crippen LogP contribution is -2.48. The molecule has 0 aromatic heterocycles. The van der Waals surface area contributed by atoms with Gasteiger partial charge in [0.15, 0.2) is 11.5 Å². The van der Waals surface area contributed by atoms with E-state index in [0.29, 0.717) is 10.7 Å². The number of imide groups is 1. The summed E-state index contributed by atoms with van der Waals surface area (Å²) in [6.45, 7) is 15.8. The van der Waals surface area contributed by atoms with E-state index < -0.39 is 34.5 Å². The Morgan fingerprint density at radius 2 is 1.46 bits per heavy atom. The van der Waals surface area contributed by atoms with Crippen molar-refractivity contribution in [2.75, 3.05) is 22.9 Å². The van der Waals surface area contributed by atoms with Crippen molar-refractivity contribution in [3.8, 4) is 0 Å². The van der Waals surface area contributed by atoms with Crippen LogP contribution >= 0.6 is 23.2 Å². The Kier molecular flexibility index (Phi) is 9.91. The van der Waals surface area contributed by atoms with Gasteiger partial charge in [0.25, 0.3) is 5.91 Å². The number of amides is 2. The molecule has 0 spiro atoms. The van der Waals surface area contributed by atoms with Gasteiger partial charge in [-0.2, -0.15) is 0 Å². The Labute approximate surface area is 229 Å². The zero-order valence-corrected chi connectivity index (χ0v) is 24.2. The summed E-state index contributed by atoms with van der Waals surface area (Å²) < 4.78 is 5.50. The molecule has 0 atom stereocenters. The Hall–Kier alpha value is -2.90. The Balaban J connectivity index is 2.68. The van der Waals surface area contributed by atoms with E-state index in [4.69, 9.17) is 27.9 Å². The number of carbonyl (C=O) groups excluding carboxylic acids is 3. The van der Waals surface area contributed by atoms with Crippen LogP contribution in [-0.2, 0) is 14.3 Å². The van der Waals surface area contributed by atoms with E-state index in [-0.39, 0.29) is 10.7 Å². The van der Waals surface area contributed by atoms with Crippen LogP contribution in [0.15, 0.2) is 47.5 Å². The summed E-state index contributed by atoms with van der Waals surface area (Å²) >= 11 is 12.4. The number of rotatable bonds is 7. The third-order valence-electron chi connectivity index (χ3n) is 5.25. The van der Waals surface area contributed by atoms with Gasteiger partial charge in [-0.05, 0) is 77.1 Å². The molecule has 9 heteroatoms. The predicted molar refractivity (Wildman–Crippen MR) is 152 cm³/mol. The average molecular weight is 549 g/mol. The van der Waals surface area contributed by atoms with Gasteiger partial charge in [-0.25, -0.2) is 14.7 Å². The molecule has 200 valence electrons. The minimum Gasteiger partial charge on any atom is -0.443 e. The number of nitrogens with zero attached hydrogens (tertiary/aromatic N) is 3. The summed E-state index contributed by atoms with van der Waals surface area (Å²) in [4.78, 5) is 48.0. The smallest absolute Gasteiger partial charge is 0.422 e. The third-order valence-corrected chi connectivity index (χ3v) is 5.79. The normalized spacial score (nSPS) is 12.2. The summed E-state index contributed by atoms with van der Waals surface area (Å²) in [5.74, 6) is -1.49. The molecule has 0 N–H and O–H groups in total. The zero-order chi connectivity index (χ0) is 28.1. The minimum absolute atomic E-state index is 0.0246. The minimum atomic E-state index is -0.993. The molecule has 37 heavy (non-hydrogen) atoms. The molecule has 0 fully saturated rings. The largest absolute Gasteiger partial charge is 0.443 e. The second-order valence-electron chi connectivity index (χ2n) is 10.4. The molecule has 0 aliphatic heterocycles. The van der Waals surface area contributed by atoms with E-state index in [1.807, 2.05) is 12.1 Å². The molecule has 0 radical (unpaired) electrons. The number of benzene rings is 2. The van der Waals surface area contributed by atoms with Crippen LogP contribution in [0, 0.1) is 5.41 Å². The number of anilines is 2. The van der Waals surface area contributed by atoms with Gasteiger partial charge in [-0.15, -0.1) is 0 Å². The van der Waals surface area contributed by atoms with E-state index in [9.17, 15) is 14.4 Å². The molecular formula is C28H35Cl2N3O4. The van der Waals surface area contributed by atoms with E-state index in [2.05, 4.69) is 23.7 Å². The van der Waals surface area contributed by atoms with E-state index in [0.717, 1.165) is 23.7 Å². The van der Waals surface area contributed by atoms with Crippen molar-refractivity contribution < 1.29 is 19.1 Å². The van der Waals surface area contributed by atoms with Crippen molar-refractivity contribution >= 4 is 63.8 Å². The second kappa shape index (κ2) is 12.1. The first-order chi connectivity index (χ1) is 17.1. The number of carbonyl (C=O) groups is 3. The molecule has 0 saturated heterocycles. The van der Waals surface area contributed by atoms with Crippen molar-refractivity contribution in [2.45, 2.75) is 61.0 Å². The van der Waals surface area contributed by atoms with Crippen LogP contribution in [-0.4, -0.2) is 42.2 Å². The van der Waals surface area contributed by atoms with Crippen LogP contribution in [0.25, 0.3) is 0 Å². The van der Waals surface area contributed by atoms with Crippen LogP contribution < -0.4 is 9.80 Å². The Morgan fingerprint density at radius 3 is 1.92 bits per heavy atom. The van der Waals surface area contributed by atoms with E-state index in [1.165, 1.54) is 18.2 Å². The molecule has 0 unspecified atom stereocenters. The van der Waals surface area contributed by atoms with Crippen LogP contribution in [0.1, 0.15) is 55.4 Å². The highest BCUT2D eigenvalue weighted by Crippen LogP contribution is 2.31. The van der Waals surface area contributed by atoms with Gasteiger partial charge in [-0.3, -0.25) is 9.59 Å². The highest BCUT2D eigenvalue weighted by molar-refractivity contribution is 6.70. The average Bonchev–Trinajstić information content (AvgIpc) is 2.78. The van der Waals surface area contributed by atoms with Crippen molar-refractivity contribution in [2.24, 2.45) is 10.4 Å². The number of hydrogen-bond donors (Lipinski definition) is 0. The van der Waals surface area contributed by atoms with E-state index in [1.54, 1.807) is 53.7 Å². The van der Waals surface area contributed by atoms with Crippen molar-refractivity contribution in [1.82, 2.24) is 0 Å². The number of aliphatic imine (C=N–C) groups is 1. The molecule has 7 nitrogen and oxygen atoms in total. The van der Waals surface area contributed by atoms with Crippen LogP contribution in [0.4, 0.5) is 21.9 Å². The fourth-order valence-electron chi connectivity index (χ4n) is 3.37. The quantitative estimate of drug-likeness (QED) is 0.265. The fourth-order valence-corrected chi connectivity index (χ4v) is 3.87. The summed E-state index contributed by atoms with van der Waals surface area (Å²) in [6, 6.07) is 11.5. The van der Waals surface area contributed by atoms with Gasteiger partial charge in [0.05, 0.1) is 16.4 Å². The fraction of sp³-hybridized carbons (Fsp3) is 0.429. The molecule has 0 saturated carbocycles. The van der Waals surface area contributed by atoms with Gasteiger partial charge in [-0.1, -0.05) is 44.0 Å². The Morgan fingerprint density at radius 1 is 0.892 bits per heavy atom. The number of hydrogen-bond acceptors (Lipinski definition) is 6. The molecule has 0 aliphatic carbocycles. The summed E-state index contributed by atoms with van der Waals surface area (Å²) in [6.07, 6.45) is -0.993. The summed E-state index contributed by atoms with van der Waals surface area (Å²) in [7, 11) is 0. The number of ether oxygens (including phenoxy) is 1. The molecular weight excluding hydrogens is 513 g/mol. The molecule has 0 heterocycles. The zero-order valence-electron chi connectivity index (χ0n) is 22.7. The maximum Gasteiger partial charge on any atom is 0.422 e. The van der Waals surface area contributed by atoms with Crippen molar-refractivity contribution in [3.05, 3.63) is 52.5 Å². The molecule has 0 bridgehead atoms. The molecule has 0 aliphatic rings. The van der Waals surface area contributed by atoms with Gasteiger partial charge < -0.3 is 9.64 Å². The maximum atomic E-state index is 13.9. The first-order valence-electron chi connectivity index (χ1n) is 12.1. The second-order valence-corrected chi connectivity index (χ2v) is 11.3. The lowest BCUT2D eigenvalue weighted by Gasteiger charge is -2.28. The lowest BCUT2D eigenvalue weighted by molar-refractivity contribution is -0.121. The highest BCUT2D eigenvalue weighted by Gasteiger charge is 2.39. The maximum absolute atomic E-state index is 13.9. The van der Waals surface area contributed by atoms with Crippen LogP contribution in [0.2, 0.25) is 10.0 Å². The third kappa shape index (κ3) is 8.04. The number of halogens is 2. The van der Waals surface area contributed by atoms with Crippen LogP contribution in [0.3, 0.4) is 0 Å². The van der Waals surface area contributed by atoms with Gasteiger partial charge in [0.2, 0.25) is 0 Å². The monoisotopic (exact) mass is 547 g/mol. The summed E-state index contributed by atoms with van der Waals surface area (Å²) in [5.41, 5.74) is -0.888. The van der Waals surface area contributed by atoms with Gasteiger partial charge >= 0.3 is 6.09 Å². The molecule has 2 rings (SSSR count). The van der Waals surface area contributed by atoms with Gasteiger partial charge in [0, 0.05) is 29.2 Å². The van der Waals surface area contributed by atoms with Crippen molar-refractivity contribution in [3.63, 3.8) is 0 Å². The number of Topliss-reactive ketones (excluding diaryl/α,β-unsaturated/α-hetero) is 1. The molecule has 2 aromatic carbocycles. The molecule has 2 aromatic rings. The van der Waals surface area contributed by atoms with Crippen molar-refractivity contribution in [1.29, 1.82) is 0 Å². The Bertz CT molecular complexity index is 1180. The topological polar surface area (TPSA) is 79.3 Å². The lowest BCUT2D eigenvalue weighted by atomic mass is 9.87. The first kappa shape index (κ1) is 30.3. The SMILES string of the molecule is CCN(CC)c1ccc(/N=C(\C(=O)N(C(=O)OC(C)(C)C)c2ccc(Cl)cc2Cl)C(=O)C(C)(C)C)cc1.